The number of nitrogen functional groups attached to an aromatic ring is 1. The minimum atomic E-state index is -0.933. The lowest BCUT2D eigenvalue weighted by atomic mass is 10.3. The summed E-state index contributed by atoms with van der Waals surface area (Å²) in [5.41, 5.74) is 6.37. The van der Waals surface area contributed by atoms with Gasteiger partial charge in [0.1, 0.15) is 16.7 Å². The number of nitrogens with zero attached hydrogens (tertiary/aromatic N) is 5. The minimum absolute atomic E-state index is 0.119. The zero-order valence-corrected chi connectivity index (χ0v) is 13.1. The van der Waals surface area contributed by atoms with Gasteiger partial charge in [0, 0.05) is 12.3 Å². The fourth-order valence-corrected chi connectivity index (χ4v) is 2.28. The van der Waals surface area contributed by atoms with E-state index in [1.165, 1.54) is 5.38 Å². The highest BCUT2D eigenvalue weighted by atomic mass is 32.1. The predicted octanol–water partition coefficient (Wildman–Crippen LogP) is 0.393. The topological polar surface area (TPSA) is 135 Å². The van der Waals surface area contributed by atoms with Crippen LogP contribution in [0.25, 0.3) is 11.0 Å². The molecule has 0 aliphatic carbocycles. The summed E-state index contributed by atoms with van der Waals surface area (Å²) >= 11 is 1.10. The number of oxime groups is 1. The van der Waals surface area contributed by atoms with Gasteiger partial charge in [-0.25, -0.2) is 14.6 Å². The number of rotatable bonds is 4. The second kappa shape index (κ2) is 6.42. The Labute approximate surface area is 138 Å². The van der Waals surface area contributed by atoms with Crippen LogP contribution < -0.4 is 10.6 Å². The Bertz CT molecular complexity index is 947. The molecule has 0 saturated carbocycles. The molecule has 3 rings (SSSR count). The molecule has 122 valence electrons. The molecule has 10 nitrogen and oxygen atoms in total. The first-order chi connectivity index (χ1) is 11.5. The number of aromatic nitrogens is 4. The van der Waals surface area contributed by atoms with Crippen LogP contribution in [-0.2, 0) is 14.4 Å². The molecule has 2 N–H and O–H groups in total. The van der Waals surface area contributed by atoms with Crippen molar-refractivity contribution >= 4 is 45.2 Å². The van der Waals surface area contributed by atoms with Gasteiger partial charge in [-0.3, -0.25) is 0 Å². The number of para-hydroxylation sites is 1. The molecule has 0 amide bonds. The van der Waals surface area contributed by atoms with Crippen LogP contribution in [0.3, 0.4) is 0 Å². The van der Waals surface area contributed by atoms with Gasteiger partial charge in [-0.15, -0.1) is 16.4 Å². The largest absolute Gasteiger partial charge is 0.389 e. The molecule has 2 heterocycles. The molecule has 0 aliphatic rings. The number of carbonyl (C=O) groups excluding carboxylic acids is 2. The fourth-order valence-electron chi connectivity index (χ4n) is 1.73. The second-order valence-corrected chi connectivity index (χ2v) is 5.31. The van der Waals surface area contributed by atoms with Gasteiger partial charge in [-0.05, 0) is 17.3 Å². The standard InChI is InChI=1S/C13H10N6O4S/c1-7(20)22-17-11(9-6-24-13(14)15-9)12(21)23-19-10-5-3-2-4-8(10)16-18-19/h2-6H,1H3,(H2,14,15)/b17-11-. The van der Waals surface area contributed by atoms with Crippen molar-refractivity contribution in [1.29, 1.82) is 0 Å². The quantitative estimate of drug-likeness (QED) is 0.310. The summed E-state index contributed by atoms with van der Waals surface area (Å²) in [6.07, 6.45) is 0. The predicted molar refractivity (Wildman–Crippen MR) is 83.9 cm³/mol. The van der Waals surface area contributed by atoms with Gasteiger partial charge in [-0.2, -0.15) is 0 Å². The van der Waals surface area contributed by atoms with Crippen molar-refractivity contribution in [2.45, 2.75) is 6.92 Å². The zero-order valence-electron chi connectivity index (χ0n) is 12.2. The lowest BCUT2D eigenvalue weighted by Gasteiger charge is -2.04. The summed E-state index contributed by atoms with van der Waals surface area (Å²) in [5, 5.41) is 12.8. The van der Waals surface area contributed by atoms with Gasteiger partial charge in [0.2, 0.25) is 5.71 Å². The Morgan fingerprint density at radius 3 is 2.83 bits per heavy atom. The molecule has 1 aromatic carbocycles. The molecule has 24 heavy (non-hydrogen) atoms. The molecule has 0 radical (unpaired) electrons. The first kappa shape index (κ1) is 15.6. The van der Waals surface area contributed by atoms with Gasteiger partial charge in [0.05, 0.1) is 0 Å². The van der Waals surface area contributed by atoms with Crippen molar-refractivity contribution in [3.63, 3.8) is 0 Å². The summed E-state index contributed by atoms with van der Waals surface area (Å²) in [6.45, 7) is 1.15. The lowest BCUT2D eigenvalue weighted by Crippen LogP contribution is -2.29. The highest BCUT2D eigenvalue weighted by Gasteiger charge is 2.23. The van der Waals surface area contributed by atoms with E-state index >= 15 is 0 Å². The minimum Gasteiger partial charge on any atom is -0.375 e. The van der Waals surface area contributed by atoms with Crippen molar-refractivity contribution < 1.29 is 19.3 Å². The molecule has 0 atom stereocenters. The van der Waals surface area contributed by atoms with E-state index in [9.17, 15) is 9.59 Å². The molecule has 0 spiro atoms. The SMILES string of the molecule is CC(=O)O/N=C(\C(=O)On1nnc2ccccc21)c1csc(N)n1. The number of thiazole rings is 1. The number of carbonyl (C=O) groups is 2. The van der Waals surface area contributed by atoms with Crippen molar-refractivity contribution in [2.24, 2.45) is 5.16 Å². The van der Waals surface area contributed by atoms with Crippen LogP contribution in [0.5, 0.6) is 0 Å². The Morgan fingerprint density at radius 1 is 1.33 bits per heavy atom. The average Bonchev–Trinajstić information content (AvgIpc) is 3.15. The molecule has 0 unspecified atom stereocenters. The van der Waals surface area contributed by atoms with Crippen molar-refractivity contribution in [3.8, 4) is 0 Å². The molecule has 0 saturated heterocycles. The zero-order chi connectivity index (χ0) is 17.1. The number of fused-ring (bicyclic) bond motifs is 1. The van der Waals surface area contributed by atoms with Gasteiger partial charge >= 0.3 is 11.9 Å². The van der Waals surface area contributed by atoms with Crippen LogP contribution in [-0.4, -0.2) is 37.8 Å². The summed E-state index contributed by atoms with van der Waals surface area (Å²) in [7, 11) is 0. The highest BCUT2D eigenvalue weighted by Crippen LogP contribution is 2.13. The van der Waals surface area contributed by atoms with Crippen molar-refractivity contribution in [1.82, 2.24) is 20.1 Å². The Kier molecular flexibility index (Phi) is 4.16. The van der Waals surface area contributed by atoms with E-state index in [0.29, 0.717) is 11.0 Å². The summed E-state index contributed by atoms with van der Waals surface area (Å²) in [6, 6.07) is 6.90. The van der Waals surface area contributed by atoms with E-state index in [1.807, 2.05) is 0 Å². The Hall–Kier alpha value is -3.34. The van der Waals surface area contributed by atoms with Crippen LogP contribution in [0.2, 0.25) is 0 Å². The average molecular weight is 346 g/mol. The first-order valence-electron chi connectivity index (χ1n) is 6.54. The number of benzene rings is 1. The lowest BCUT2D eigenvalue weighted by molar-refractivity contribution is -0.141. The van der Waals surface area contributed by atoms with E-state index in [1.54, 1.807) is 24.3 Å². The summed E-state index contributed by atoms with van der Waals surface area (Å²) in [5.74, 6) is -1.63. The molecule has 0 aliphatic heterocycles. The van der Waals surface area contributed by atoms with Crippen molar-refractivity contribution in [3.05, 3.63) is 35.3 Å². The van der Waals surface area contributed by atoms with Gasteiger partial charge in [-0.1, -0.05) is 22.1 Å². The molecule has 11 heteroatoms. The van der Waals surface area contributed by atoms with E-state index in [-0.39, 0.29) is 16.5 Å². The molecule has 0 bridgehead atoms. The molecular weight excluding hydrogens is 336 g/mol. The monoisotopic (exact) mass is 346 g/mol. The Morgan fingerprint density at radius 2 is 2.12 bits per heavy atom. The number of hydrogen-bond acceptors (Lipinski definition) is 10. The smallest absolute Gasteiger partial charge is 0.375 e. The Balaban J connectivity index is 1.91. The van der Waals surface area contributed by atoms with Crippen LogP contribution in [0.4, 0.5) is 5.13 Å². The maximum Gasteiger partial charge on any atom is 0.389 e. The normalized spacial score (nSPS) is 11.5. The molecular formula is C13H10N6O4S. The summed E-state index contributed by atoms with van der Waals surface area (Å²) in [4.78, 5) is 37.8. The second-order valence-electron chi connectivity index (χ2n) is 4.42. The third-order valence-electron chi connectivity index (χ3n) is 2.71. The van der Waals surface area contributed by atoms with Crippen LogP contribution in [0, 0.1) is 0 Å². The van der Waals surface area contributed by atoms with Crippen LogP contribution in [0.1, 0.15) is 12.6 Å². The number of anilines is 1. The highest BCUT2D eigenvalue weighted by molar-refractivity contribution is 7.13. The van der Waals surface area contributed by atoms with E-state index in [4.69, 9.17) is 10.6 Å². The number of hydrogen-bond donors (Lipinski definition) is 1. The third-order valence-corrected chi connectivity index (χ3v) is 3.39. The van der Waals surface area contributed by atoms with Gasteiger partial charge < -0.3 is 15.4 Å². The van der Waals surface area contributed by atoms with Gasteiger partial charge in [0.25, 0.3) is 0 Å². The maximum absolute atomic E-state index is 12.4. The van der Waals surface area contributed by atoms with Crippen LogP contribution >= 0.6 is 11.3 Å². The maximum atomic E-state index is 12.4. The third kappa shape index (κ3) is 3.20. The van der Waals surface area contributed by atoms with Crippen LogP contribution in [0.15, 0.2) is 34.8 Å². The molecule has 0 fully saturated rings. The number of nitrogens with two attached hydrogens (primary N) is 1. The molecule has 3 aromatic rings. The fraction of sp³-hybridized carbons (Fsp3) is 0.0769. The van der Waals surface area contributed by atoms with Gasteiger partial charge in [0.15, 0.2) is 5.13 Å². The molecule has 2 aromatic heterocycles. The van der Waals surface area contributed by atoms with E-state index in [0.717, 1.165) is 23.1 Å². The first-order valence-corrected chi connectivity index (χ1v) is 7.42. The summed E-state index contributed by atoms with van der Waals surface area (Å²) < 4.78 is 0. The van der Waals surface area contributed by atoms with Crippen molar-refractivity contribution in [2.75, 3.05) is 5.73 Å². The van der Waals surface area contributed by atoms with E-state index < -0.39 is 11.9 Å². The van der Waals surface area contributed by atoms with E-state index in [2.05, 4.69) is 25.3 Å².